The van der Waals surface area contributed by atoms with E-state index in [0.717, 1.165) is 17.8 Å². The van der Waals surface area contributed by atoms with Crippen LogP contribution in [0.2, 0.25) is 0 Å². The van der Waals surface area contributed by atoms with Gasteiger partial charge < -0.3 is 10.3 Å². The highest BCUT2D eigenvalue weighted by molar-refractivity contribution is 5.76. The number of aryl methyl sites for hydroxylation is 2. The molecule has 0 bridgehead atoms. The van der Waals surface area contributed by atoms with Crippen LogP contribution in [0.15, 0.2) is 18.2 Å². The van der Waals surface area contributed by atoms with Gasteiger partial charge in [-0.25, -0.2) is 4.98 Å². The maximum Gasteiger partial charge on any atom is 0.111 e. The van der Waals surface area contributed by atoms with Gasteiger partial charge in [-0.05, 0) is 38.5 Å². The fourth-order valence-electron chi connectivity index (χ4n) is 1.93. The van der Waals surface area contributed by atoms with Crippen LogP contribution in [0.3, 0.4) is 0 Å². The highest BCUT2D eigenvalue weighted by atomic mass is 15.1. The fourth-order valence-corrected chi connectivity index (χ4v) is 1.93. The zero-order chi connectivity index (χ0) is 11.9. The van der Waals surface area contributed by atoms with Crippen LogP contribution in [0, 0.1) is 6.92 Å². The molecule has 1 heterocycles. The molecular formula is C13H19N3. The van der Waals surface area contributed by atoms with Gasteiger partial charge in [0.15, 0.2) is 0 Å². The van der Waals surface area contributed by atoms with Gasteiger partial charge >= 0.3 is 0 Å². The number of hydrogen-bond donors (Lipinski definition) is 1. The molecule has 1 aromatic carbocycles. The molecule has 0 aliphatic heterocycles. The number of aromatic nitrogens is 2. The smallest absolute Gasteiger partial charge is 0.111 e. The summed E-state index contributed by atoms with van der Waals surface area (Å²) in [4.78, 5) is 4.64. The summed E-state index contributed by atoms with van der Waals surface area (Å²) >= 11 is 0. The van der Waals surface area contributed by atoms with Gasteiger partial charge in [0.05, 0.1) is 11.0 Å². The van der Waals surface area contributed by atoms with Crippen LogP contribution in [0.4, 0.5) is 0 Å². The predicted octanol–water partition coefficient (Wildman–Crippen LogP) is 2.16. The number of fused-ring (bicyclic) bond motifs is 1. The van der Waals surface area contributed by atoms with E-state index < -0.39 is 0 Å². The summed E-state index contributed by atoms with van der Waals surface area (Å²) in [5.41, 5.74) is 9.28. The van der Waals surface area contributed by atoms with E-state index in [-0.39, 0.29) is 5.54 Å². The molecule has 0 radical (unpaired) electrons. The first kappa shape index (κ1) is 11.1. The third-order valence-electron chi connectivity index (χ3n) is 2.74. The second-order valence-electron chi connectivity index (χ2n) is 5.24. The van der Waals surface area contributed by atoms with Crippen LogP contribution in [0.1, 0.15) is 25.2 Å². The van der Waals surface area contributed by atoms with Crippen molar-refractivity contribution < 1.29 is 0 Å². The average molecular weight is 217 g/mol. The topological polar surface area (TPSA) is 43.8 Å². The molecule has 86 valence electrons. The Balaban J connectivity index is 2.52. The van der Waals surface area contributed by atoms with Crippen LogP contribution >= 0.6 is 0 Å². The van der Waals surface area contributed by atoms with Gasteiger partial charge in [0.25, 0.3) is 0 Å². The minimum atomic E-state index is -0.218. The summed E-state index contributed by atoms with van der Waals surface area (Å²) < 4.78 is 2.13. The SMILES string of the molecule is Cc1ccc2c(c1)nc(CC(C)(C)N)n2C. The fraction of sp³-hybridized carbons (Fsp3) is 0.462. The number of benzene rings is 1. The number of hydrogen-bond acceptors (Lipinski definition) is 2. The number of rotatable bonds is 2. The van der Waals surface area contributed by atoms with Crippen LogP contribution < -0.4 is 5.73 Å². The molecule has 0 unspecified atom stereocenters. The molecule has 0 atom stereocenters. The van der Waals surface area contributed by atoms with Gasteiger partial charge in [-0.2, -0.15) is 0 Å². The summed E-state index contributed by atoms with van der Waals surface area (Å²) in [5.74, 6) is 1.05. The van der Waals surface area contributed by atoms with Crippen molar-refractivity contribution in [1.82, 2.24) is 9.55 Å². The first-order valence-electron chi connectivity index (χ1n) is 5.58. The first-order chi connectivity index (χ1) is 7.37. The summed E-state index contributed by atoms with van der Waals surface area (Å²) in [6, 6.07) is 6.34. The lowest BCUT2D eigenvalue weighted by Gasteiger charge is -2.17. The Labute approximate surface area is 96.3 Å². The second-order valence-corrected chi connectivity index (χ2v) is 5.24. The van der Waals surface area contributed by atoms with Gasteiger partial charge in [0, 0.05) is 19.0 Å². The third kappa shape index (κ3) is 2.09. The van der Waals surface area contributed by atoms with Gasteiger partial charge in [-0.15, -0.1) is 0 Å². The Kier molecular flexibility index (Phi) is 2.50. The van der Waals surface area contributed by atoms with E-state index in [9.17, 15) is 0 Å². The number of imidazole rings is 1. The molecule has 0 aliphatic rings. The zero-order valence-corrected chi connectivity index (χ0v) is 10.4. The normalized spacial score (nSPS) is 12.3. The molecule has 0 saturated carbocycles. The van der Waals surface area contributed by atoms with Crippen molar-refractivity contribution >= 4 is 11.0 Å². The number of nitrogens with two attached hydrogens (primary N) is 1. The molecule has 3 heteroatoms. The standard InChI is InChI=1S/C13H19N3/c1-9-5-6-11-10(7-9)15-12(16(11)4)8-13(2,3)14/h5-7H,8,14H2,1-4H3. The van der Waals surface area contributed by atoms with E-state index in [2.05, 4.69) is 34.7 Å². The summed E-state index contributed by atoms with van der Waals surface area (Å²) in [5, 5.41) is 0. The zero-order valence-electron chi connectivity index (χ0n) is 10.4. The Hall–Kier alpha value is -1.35. The Morgan fingerprint density at radius 2 is 2.06 bits per heavy atom. The third-order valence-corrected chi connectivity index (χ3v) is 2.74. The van der Waals surface area contributed by atoms with Crippen molar-refractivity contribution in [3.05, 3.63) is 29.6 Å². The van der Waals surface area contributed by atoms with E-state index in [0.29, 0.717) is 0 Å². The summed E-state index contributed by atoms with van der Waals surface area (Å²) in [7, 11) is 2.05. The number of nitrogens with zero attached hydrogens (tertiary/aromatic N) is 2. The van der Waals surface area contributed by atoms with Crippen LogP contribution in [-0.4, -0.2) is 15.1 Å². The molecular weight excluding hydrogens is 198 g/mol. The van der Waals surface area contributed by atoms with Gasteiger partial charge in [0.1, 0.15) is 5.82 Å². The lowest BCUT2D eigenvalue weighted by atomic mass is 10.0. The lowest BCUT2D eigenvalue weighted by molar-refractivity contribution is 0.495. The molecule has 16 heavy (non-hydrogen) atoms. The predicted molar refractivity (Wildman–Crippen MR) is 67.4 cm³/mol. The Morgan fingerprint density at radius 3 is 2.69 bits per heavy atom. The summed E-state index contributed by atoms with van der Waals surface area (Å²) in [6.45, 7) is 6.13. The first-order valence-corrected chi connectivity index (χ1v) is 5.58. The minimum Gasteiger partial charge on any atom is -0.331 e. The molecule has 0 aliphatic carbocycles. The van der Waals surface area contributed by atoms with Crippen molar-refractivity contribution in [2.75, 3.05) is 0 Å². The van der Waals surface area contributed by atoms with Crippen molar-refractivity contribution in [1.29, 1.82) is 0 Å². The molecule has 0 spiro atoms. The highest BCUT2D eigenvalue weighted by Crippen LogP contribution is 2.18. The molecule has 2 N–H and O–H groups in total. The van der Waals surface area contributed by atoms with Crippen LogP contribution in [-0.2, 0) is 13.5 Å². The van der Waals surface area contributed by atoms with Gasteiger partial charge in [0.2, 0.25) is 0 Å². The largest absolute Gasteiger partial charge is 0.331 e. The van der Waals surface area contributed by atoms with E-state index in [1.807, 2.05) is 20.9 Å². The van der Waals surface area contributed by atoms with Crippen molar-refractivity contribution in [3.8, 4) is 0 Å². The minimum absolute atomic E-state index is 0.218. The average Bonchev–Trinajstić information content (AvgIpc) is 2.40. The monoisotopic (exact) mass is 217 g/mol. The molecule has 2 aromatic rings. The molecule has 3 nitrogen and oxygen atoms in total. The van der Waals surface area contributed by atoms with Gasteiger partial charge in [-0.1, -0.05) is 6.07 Å². The Morgan fingerprint density at radius 1 is 1.38 bits per heavy atom. The molecule has 2 rings (SSSR count). The quantitative estimate of drug-likeness (QED) is 0.837. The molecule has 0 amide bonds. The highest BCUT2D eigenvalue weighted by Gasteiger charge is 2.16. The summed E-state index contributed by atoms with van der Waals surface area (Å²) in [6.07, 6.45) is 0.789. The van der Waals surface area contributed by atoms with Crippen molar-refractivity contribution in [3.63, 3.8) is 0 Å². The van der Waals surface area contributed by atoms with E-state index in [4.69, 9.17) is 5.73 Å². The lowest BCUT2D eigenvalue weighted by Crippen LogP contribution is -2.35. The second kappa shape index (κ2) is 3.59. The van der Waals surface area contributed by atoms with E-state index in [1.165, 1.54) is 11.1 Å². The van der Waals surface area contributed by atoms with E-state index >= 15 is 0 Å². The van der Waals surface area contributed by atoms with Crippen molar-refractivity contribution in [2.45, 2.75) is 32.7 Å². The van der Waals surface area contributed by atoms with Crippen LogP contribution in [0.25, 0.3) is 11.0 Å². The van der Waals surface area contributed by atoms with Gasteiger partial charge in [-0.3, -0.25) is 0 Å². The molecule has 0 saturated heterocycles. The van der Waals surface area contributed by atoms with Crippen molar-refractivity contribution in [2.24, 2.45) is 12.8 Å². The maximum atomic E-state index is 6.03. The van der Waals surface area contributed by atoms with E-state index in [1.54, 1.807) is 0 Å². The molecule has 0 fully saturated rings. The Bertz CT molecular complexity index is 518. The molecule has 1 aromatic heterocycles. The van der Waals surface area contributed by atoms with Crippen LogP contribution in [0.5, 0.6) is 0 Å². The maximum absolute atomic E-state index is 6.03.